The van der Waals surface area contributed by atoms with Gasteiger partial charge in [0.15, 0.2) is 20.3 Å². The van der Waals surface area contributed by atoms with Crippen molar-refractivity contribution in [2.75, 3.05) is 0 Å². The van der Waals surface area contributed by atoms with Gasteiger partial charge in [-0.2, -0.15) is 0 Å². The average molecular weight is 389 g/mol. The molecule has 0 unspecified atom stereocenters. The Bertz CT molecular complexity index is 808. The summed E-state index contributed by atoms with van der Waals surface area (Å²) in [5.41, 5.74) is 3.86. The summed E-state index contributed by atoms with van der Waals surface area (Å²) >= 11 is 0. The Kier molecular flexibility index (Phi) is 7.21. The number of hydrogen-bond donors (Lipinski definition) is 1. The van der Waals surface area contributed by atoms with E-state index in [2.05, 4.69) is 32.9 Å². The van der Waals surface area contributed by atoms with E-state index in [-0.39, 0.29) is 16.9 Å². The molecule has 0 spiro atoms. The minimum Gasteiger partial charge on any atom is -0.504 e. The average Bonchev–Trinajstić information content (AvgIpc) is 2.61. The Morgan fingerprint density at radius 3 is 2.21 bits per heavy atom. The van der Waals surface area contributed by atoms with Gasteiger partial charge in [-0.15, -0.1) is 0 Å². The van der Waals surface area contributed by atoms with E-state index in [1.807, 2.05) is 12.1 Å². The Hall–Kier alpha value is -2.03. The van der Waals surface area contributed by atoms with Gasteiger partial charge in [0, 0.05) is 6.08 Å². The first kappa shape index (κ1) is 21.7. The Labute approximate surface area is 176 Å². The molecular weight excluding hydrogens is 356 g/mol. The number of aliphatic hydroxyl groups excluding tert-OH is 1. The molecule has 5 heteroatoms. The lowest BCUT2D eigenvalue weighted by atomic mass is 9.51. The van der Waals surface area contributed by atoms with Gasteiger partial charge in [0.2, 0.25) is 5.78 Å². The van der Waals surface area contributed by atoms with Crippen LogP contribution in [0.5, 0.6) is 0 Å². The molecule has 0 saturated heterocycles. The summed E-state index contributed by atoms with van der Waals surface area (Å²) in [6.07, 6.45) is 12.1. The van der Waals surface area contributed by atoms with Crippen molar-refractivity contribution in [1.82, 2.24) is 0 Å². The maximum Gasteiger partial charge on any atom is 0.219 e. The van der Waals surface area contributed by atoms with Crippen molar-refractivity contribution in [3.63, 3.8) is 0 Å². The summed E-state index contributed by atoms with van der Waals surface area (Å²) in [4.78, 5) is 16.9. The van der Waals surface area contributed by atoms with Crippen molar-refractivity contribution < 1.29 is 9.90 Å². The maximum absolute atomic E-state index is 12.1. The Morgan fingerprint density at radius 1 is 0.966 bits per heavy atom. The highest BCUT2D eigenvalue weighted by molar-refractivity contribution is 6.59. The molecule has 1 aromatic carbocycles. The van der Waals surface area contributed by atoms with E-state index >= 15 is 0 Å². The zero-order valence-corrected chi connectivity index (χ0v) is 18.2. The van der Waals surface area contributed by atoms with Crippen LogP contribution >= 0.6 is 0 Å². The summed E-state index contributed by atoms with van der Waals surface area (Å²) in [6, 6.07) is 8.31. The molecule has 0 aliphatic heterocycles. The Balaban J connectivity index is 1.78. The van der Waals surface area contributed by atoms with Gasteiger partial charge in [-0.1, -0.05) is 99.9 Å². The van der Waals surface area contributed by atoms with Crippen LogP contribution in [0.15, 0.2) is 52.6 Å². The van der Waals surface area contributed by atoms with Crippen molar-refractivity contribution in [3.05, 3.63) is 47.6 Å². The molecule has 29 heavy (non-hydrogen) atoms. The standard InChI is InChI=1S/C24H33B2NO2/c1-24(2,3)26-18-11-13-19(14-12-18)27-21-16-23(29)22(28)15-20(21)25-17-9-7-5-4-6-8-10-17/h11-17,25-26,29H,4-10H2,1-3H3/b27-21+. The van der Waals surface area contributed by atoms with Crippen LogP contribution in [-0.2, 0) is 4.79 Å². The number of benzene rings is 1. The van der Waals surface area contributed by atoms with E-state index in [9.17, 15) is 9.90 Å². The number of nitrogens with zero attached hydrogens (tertiary/aromatic N) is 1. The predicted molar refractivity (Wildman–Crippen MR) is 127 cm³/mol. The first-order valence-corrected chi connectivity index (χ1v) is 11.1. The first-order valence-electron chi connectivity index (χ1n) is 11.1. The van der Waals surface area contributed by atoms with E-state index in [0.717, 1.165) is 31.4 Å². The third-order valence-electron chi connectivity index (χ3n) is 5.81. The fraction of sp³-hybridized carbons (Fsp3) is 0.500. The molecule has 0 bridgehead atoms. The maximum atomic E-state index is 12.1. The van der Waals surface area contributed by atoms with Crippen molar-refractivity contribution in [2.24, 2.45) is 4.99 Å². The molecule has 152 valence electrons. The second-order valence-electron chi connectivity index (χ2n) is 9.88. The quantitative estimate of drug-likeness (QED) is 0.587. The van der Waals surface area contributed by atoms with Crippen LogP contribution in [0.3, 0.4) is 0 Å². The van der Waals surface area contributed by atoms with Crippen molar-refractivity contribution in [1.29, 1.82) is 0 Å². The highest BCUT2D eigenvalue weighted by Crippen LogP contribution is 2.29. The first-order chi connectivity index (χ1) is 13.8. The Morgan fingerprint density at radius 2 is 1.59 bits per heavy atom. The minimum atomic E-state index is -0.301. The molecule has 1 aromatic rings. The monoisotopic (exact) mass is 389 g/mol. The molecule has 0 atom stereocenters. The van der Waals surface area contributed by atoms with Crippen molar-refractivity contribution in [3.8, 4) is 0 Å². The summed E-state index contributed by atoms with van der Waals surface area (Å²) in [5.74, 6) is 0.0854. The third kappa shape index (κ3) is 6.76. The van der Waals surface area contributed by atoms with Crippen LogP contribution in [0.25, 0.3) is 0 Å². The third-order valence-corrected chi connectivity index (χ3v) is 5.81. The molecule has 2 aliphatic rings. The molecule has 1 saturated carbocycles. The fourth-order valence-corrected chi connectivity index (χ4v) is 4.36. The smallest absolute Gasteiger partial charge is 0.219 e. The van der Waals surface area contributed by atoms with Crippen LogP contribution in [0.1, 0.15) is 65.7 Å². The molecule has 1 N–H and O–H groups in total. The molecule has 1 fully saturated rings. The van der Waals surface area contributed by atoms with Gasteiger partial charge in [-0.05, 0) is 18.2 Å². The van der Waals surface area contributed by atoms with E-state index in [4.69, 9.17) is 4.99 Å². The lowest BCUT2D eigenvalue weighted by molar-refractivity contribution is -0.113. The van der Waals surface area contributed by atoms with Crippen LogP contribution in [-0.4, -0.2) is 31.2 Å². The zero-order valence-electron chi connectivity index (χ0n) is 18.2. The molecule has 0 radical (unpaired) electrons. The minimum absolute atomic E-state index is 0.213. The largest absolute Gasteiger partial charge is 0.504 e. The van der Waals surface area contributed by atoms with Crippen molar-refractivity contribution in [2.45, 2.75) is 76.8 Å². The molecule has 0 amide bonds. The lowest BCUT2D eigenvalue weighted by Crippen LogP contribution is -2.22. The van der Waals surface area contributed by atoms with Gasteiger partial charge in [0.1, 0.15) is 0 Å². The number of ketones is 1. The van der Waals surface area contributed by atoms with E-state index in [0.29, 0.717) is 5.82 Å². The number of hydrogen-bond acceptors (Lipinski definition) is 3. The topological polar surface area (TPSA) is 49.7 Å². The summed E-state index contributed by atoms with van der Waals surface area (Å²) in [5, 5.41) is 10.2. The zero-order chi connectivity index (χ0) is 20.9. The van der Waals surface area contributed by atoms with E-state index in [1.165, 1.54) is 50.4 Å². The molecule has 3 nitrogen and oxygen atoms in total. The van der Waals surface area contributed by atoms with Crippen molar-refractivity contribution >= 4 is 37.2 Å². The fourth-order valence-electron chi connectivity index (χ4n) is 4.36. The SMILES string of the molecule is CC(C)(C)Bc1ccc(/N=C2\C=C(O)C(=O)C=C2BC2CCCCCCC2)cc1. The molecule has 0 aromatic heterocycles. The number of rotatable bonds is 4. The second-order valence-corrected chi connectivity index (χ2v) is 9.88. The number of allylic oxidation sites excluding steroid dienone is 3. The van der Waals surface area contributed by atoms with Gasteiger partial charge in [-0.25, -0.2) is 4.99 Å². The lowest BCUT2D eigenvalue weighted by Gasteiger charge is -2.21. The van der Waals surface area contributed by atoms with E-state index < -0.39 is 0 Å². The van der Waals surface area contributed by atoms with Crippen LogP contribution < -0.4 is 5.46 Å². The normalized spacial score (nSPS) is 20.5. The van der Waals surface area contributed by atoms with Gasteiger partial charge in [-0.3, -0.25) is 4.79 Å². The molecule has 3 rings (SSSR count). The van der Waals surface area contributed by atoms with Gasteiger partial charge in [0.25, 0.3) is 0 Å². The number of aliphatic hydroxyl groups is 1. The van der Waals surface area contributed by atoms with E-state index in [1.54, 1.807) is 12.2 Å². The van der Waals surface area contributed by atoms with Crippen LogP contribution in [0, 0.1) is 0 Å². The summed E-state index contributed by atoms with van der Waals surface area (Å²) < 4.78 is 0. The molecule has 0 heterocycles. The highest BCUT2D eigenvalue weighted by Gasteiger charge is 2.23. The summed E-state index contributed by atoms with van der Waals surface area (Å²) in [6.45, 7) is 6.71. The molecule has 2 aliphatic carbocycles. The van der Waals surface area contributed by atoms with Crippen LogP contribution in [0.4, 0.5) is 5.69 Å². The molecular formula is C24H33B2NO2. The number of aliphatic imine (C=N–C) groups is 1. The number of carbonyl (C=O) groups excluding carboxylic acids is 1. The van der Waals surface area contributed by atoms with Gasteiger partial charge >= 0.3 is 0 Å². The number of carbonyl (C=O) groups is 1. The van der Waals surface area contributed by atoms with Gasteiger partial charge < -0.3 is 5.11 Å². The second kappa shape index (κ2) is 9.65. The summed E-state index contributed by atoms with van der Waals surface area (Å²) in [7, 11) is 1.89. The highest BCUT2D eigenvalue weighted by atomic mass is 16.3. The van der Waals surface area contributed by atoms with Crippen LogP contribution in [0.2, 0.25) is 11.1 Å². The van der Waals surface area contributed by atoms with Gasteiger partial charge in [0.05, 0.1) is 11.4 Å². The predicted octanol–water partition coefficient (Wildman–Crippen LogP) is 4.92.